The molecular weight excluding hydrogens is 257 g/mol. The summed E-state index contributed by atoms with van der Waals surface area (Å²) in [6.45, 7) is 1.08. The average molecular weight is 270 g/mol. The van der Waals surface area contributed by atoms with E-state index in [4.69, 9.17) is 10.00 Å². The number of rotatable bonds is 1. The van der Waals surface area contributed by atoms with Crippen LogP contribution in [-0.4, -0.2) is 30.3 Å². The van der Waals surface area contributed by atoms with E-state index in [1.165, 1.54) is 4.90 Å². The lowest BCUT2D eigenvalue weighted by molar-refractivity contribution is -0.152. The Labute approximate surface area is 109 Å². The topological polar surface area (TPSA) is 36.3 Å². The molecule has 1 aromatic rings. The Kier molecular flexibility index (Phi) is 3.67. The SMILES string of the molecule is CC1COc2cc(C#N)ccc2CN1CC(F)(F)F. The number of nitriles is 1. The van der Waals surface area contributed by atoms with Gasteiger partial charge in [-0.25, -0.2) is 0 Å². The Balaban J connectivity index is 2.24. The molecule has 19 heavy (non-hydrogen) atoms. The zero-order valence-corrected chi connectivity index (χ0v) is 10.4. The van der Waals surface area contributed by atoms with Crippen molar-refractivity contribution in [2.45, 2.75) is 25.7 Å². The second-order valence-electron chi connectivity index (χ2n) is 4.61. The van der Waals surface area contributed by atoms with Gasteiger partial charge in [-0.1, -0.05) is 6.07 Å². The molecule has 0 aliphatic carbocycles. The van der Waals surface area contributed by atoms with Gasteiger partial charge in [-0.3, -0.25) is 4.90 Å². The number of benzene rings is 1. The third-order valence-electron chi connectivity index (χ3n) is 3.06. The third kappa shape index (κ3) is 3.38. The number of nitrogens with zero attached hydrogens (tertiary/aromatic N) is 2. The van der Waals surface area contributed by atoms with Crippen LogP contribution < -0.4 is 4.74 Å². The third-order valence-corrected chi connectivity index (χ3v) is 3.06. The van der Waals surface area contributed by atoms with Gasteiger partial charge < -0.3 is 4.74 Å². The fourth-order valence-electron chi connectivity index (χ4n) is 2.02. The van der Waals surface area contributed by atoms with Gasteiger partial charge in [-0.2, -0.15) is 18.4 Å². The molecule has 102 valence electrons. The lowest BCUT2D eigenvalue weighted by atomic mass is 10.1. The smallest absolute Gasteiger partial charge is 0.401 e. The van der Waals surface area contributed by atoms with Crippen molar-refractivity contribution < 1.29 is 17.9 Å². The fraction of sp³-hybridized carbons (Fsp3) is 0.462. The molecule has 1 aromatic carbocycles. The minimum absolute atomic E-state index is 0.168. The lowest BCUT2D eigenvalue weighted by Gasteiger charge is -2.26. The summed E-state index contributed by atoms with van der Waals surface area (Å²) in [5, 5.41) is 8.80. The minimum atomic E-state index is -4.23. The molecule has 0 fully saturated rings. The first-order valence-corrected chi connectivity index (χ1v) is 5.85. The molecule has 0 saturated carbocycles. The fourth-order valence-corrected chi connectivity index (χ4v) is 2.02. The van der Waals surface area contributed by atoms with Crippen molar-refractivity contribution in [2.24, 2.45) is 0 Å². The Morgan fingerprint density at radius 2 is 2.21 bits per heavy atom. The van der Waals surface area contributed by atoms with Crippen LogP contribution in [0.3, 0.4) is 0 Å². The lowest BCUT2D eigenvalue weighted by Crippen LogP contribution is -2.41. The van der Waals surface area contributed by atoms with Crippen LogP contribution in [0.15, 0.2) is 18.2 Å². The van der Waals surface area contributed by atoms with Crippen LogP contribution in [0.2, 0.25) is 0 Å². The van der Waals surface area contributed by atoms with Gasteiger partial charge in [0, 0.05) is 18.2 Å². The summed E-state index contributed by atoms with van der Waals surface area (Å²) in [6, 6.07) is 6.45. The summed E-state index contributed by atoms with van der Waals surface area (Å²) >= 11 is 0. The number of ether oxygens (including phenoxy) is 1. The molecule has 0 spiro atoms. The van der Waals surface area contributed by atoms with Crippen LogP contribution in [-0.2, 0) is 6.54 Å². The van der Waals surface area contributed by atoms with Crippen molar-refractivity contribution in [3.63, 3.8) is 0 Å². The molecule has 1 unspecified atom stereocenters. The zero-order valence-electron chi connectivity index (χ0n) is 10.4. The highest BCUT2D eigenvalue weighted by atomic mass is 19.4. The summed E-state index contributed by atoms with van der Waals surface area (Å²) in [6.07, 6.45) is -4.23. The van der Waals surface area contributed by atoms with Crippen LogP contribution >= 0.6 is 0 Å². The van der Waals surface area contributed by atoms with Crippen LogP contribution in [0.4, 0.5) is 13.2 Å². The van der Waals surface area contributed by atoms with Crippen molar-refractivity contribution in [2.75, 3.05) is 13.2 Å². The Morgan fingerprint density at radius 3 is 2.84 bits per heavy atom. The van der Waals surface area contributed by atoms with E-state index < -0.39 is 12.7 Å². The summed E-state index contributed by atoms with van der Waals surface area (Å²) in [5.74, 6) is 0.496. The Morgan fingerprint density at radius 1 is 1.47 bits per heavy atom. The van der Waals surface area contributed by atoms with E-state index in [9.17, 15) is 13.2 Å². The second kappa shape index (κ2) is 5.10. The molecule has 0 amide bonds. The summed E-state index contributed by atoms with van der Waals surface area (Å²) < 4.78 is 43.0. The van der Waals surface area contributed by atoms with Crippen LogP contribution in [0, 0.1) is 11.3 Å². The summed E-state index contributed by atoms with van der Waals surface area (Å²) in [4.78, 5) is 1.33. The molecule has 6 heteroatoms. The summed E-state index contributed by atoms with van der Waals surface area (Å²) in [7, 11) is 0. The van der Waals surface area contributed by atoms with Gasteiger partial charge >= 0.3 is 6.18 Å². The van der Waals surface area contributed by atoms with Crippen molar-refractivity contribution >= 4 is 0 Å². The molecule has 0 radical (unpaired) electrons. The maximum absolute atomic E-state index is 12.5. The molecule has 0 N–H and O–H groups in total. The molecule has 1 heterocycles. The number of fused-ring (bicyclic) bond motifs is 1. The van der Waals surface area contributed by atoms with E-state index in [0.29, 0.717) is 16.9 Å². The van der Waals surface area contributed by atoms with Gasteiger partial charge in [0.25, 0.3) is 0 Å². The second-order valence-corrected chi connectivity index (χ2v) is 4.61. The van der Waals surface area contributed by atoms with Gasteiger partial charge in [-0.05, 0) is 19.1 Å². The van der Waals surface area contributed by atoms with Gasteiger partial charge in [0.05, 0.1) is 18.2 Å². The molecular formula is C13H13F3N2O. The maximum atomic E-state index is 12.5. The van der Waals surface area contributed by atoms with Gasteiger partial charge in [0.15, 0.2) is 0 Å². The molecule has 3 nitrogen and oxygen atoms in total. The predicted octanol–water partition coefficient (Wildman–Crippen LogP) is 2.70. The first kappa shape index (κ1) is 13.7. The van der Waals surface area contributed by atoms with E-state index in [-0.39, 0.29) is 19.2 Å². The Bertz CT molecular complexity index is 508. The number of hydrogen-bond acceptors (Lipinski definition) is 3. The zero-order chi connectivity index (χ0) is 14.0. The van der Waals surface area contributed by atoms with Crippen molar-refractivity contribution in [1.82, 2.24) is 4.90 Å². The Hall–Kier alpha value is -1.74. The largest absolute Gasteiger partial charge is 0.492 e. The number of halogens is 3. The van der Waals surface area contributed by atoms with E-state index in [0.717, 1.165) is 0 Å². The molecule has 2 rings (SSSR count). The first-order valence-electron chi connectivity index (χ1n) is 5.85. The van der Waals surface area contributed by atoms with Crippen molar-refractivity contribution in [1.29, 1.82) is 5.26 Å². The first-order chi connectivity index (χ1) is 8.89. The van der Waals surface area contributed by atoms with Crippen LogP contribution in [0.1, 0.15) is 18.1 Å². The summed E-state index contributed by atoms with van der Waals surface area (Å²) in [5.41, 5.74) is 1.11. The van der Waals surface area contributed by atoms with Crippen molar-refractivity contribution in [3.05, 3.63) is 29.3 Å². The molecule has 1 aliphatic heterocycles. The molecule has 0 saturated heterocycles. The van der Waals surface area contributed by atoms with E-state index in [2.05, 4.69) is 0 Å². The number of alkyl halides is 3. The highest BCUT2D eigenvalue weighted by molar-refractivity contribution is 5.43. The van der Waals surface area contributed by atoms with Gasteiger partial charge in [0.2, 0.25) is 0 Å². The predicted molar refractivity (Wildman–Crippen MR) is 62.6 cm³/mol. The molecule has 1 atom stereocenters. The molecule has 0 aromatic heterocycles. The van der Waals surface area contributed by atoms with E-state index in [1.807, 2.05) is 6.07 Å². The van der Waals surface area contributed by atoms with Gasteiger partial charge in [0.1, 0.15) is 12.4 Å². The van der Waals surface area contributed by atoms with Gasteiger partial charge in [-0.15, -0.1) is 0 Å². The normalized spacial score (nSPS) is 20.1. The van der Waals surface area contributed by atoms with Crippen molar-refractivity contribution in [3.8, 4) is 11.8 Å². The maximum Gasteiger partial charge on any atom is 0.401 e. The molecule has 0 bridgehead atoms. The monoisotopic (exact) mass is 270 g/mol. The molecule has 1 aliphatic rings. The van der Waals surface area contributed by atoms with Crippen LogP contribution in [0.25, 0.3) is 0 Å². The highest BCUT2D eigenvalue weighted by Crippen LogP contribution is 2.28. The minimum Gasteiger partial charge on any atom is -0.492 e. The highest BCUT2D eigenvalue weighted by Gasteiger charge is 2.34. The van der Waals surface area contributed by atoms with E-state index in [1.54, 1.807) is 25.1 Å². The number of hydrogen-bond donors (Lipinski definition) is 0. The standard InChI is InChI=1S/C13H13F3N2O/c1-9-7-19-12-4-10(5-17)2-3-11(12)6-18(9)8-13(14,15)16/h2-4,9H,6-8H2,1H3. The quantitative estimate of drug-likeness (QED) is 0.787. The average Bonchev–Trinajstić information content (AvgIpc) is 2.48. The van der Waals surface area contributed by atoms with Crippen LogP contribution in [0.5, 0.6) is 5.75 Å². The van der Waals surface area contributed by atoms with E-state index >= 15 is 0 Å².